The summed E-state index contributed by atoms with van der Waals surface area (Å²) in [4.78, 5) is 26.8. The summed E-state index contributed by atoms with van der Waals surface area (Å²) in [6.45, 7) is 1.01. The van der Waals surface area contributed by atoms with Crippen molar-refractivity contribution in [2.24, 2.45) is 5.92 Å². The van der Waals surface area contributed by atoms with Crippen LogP contribution >= 0.6 is 0 Å². The first-order chi connectivity index (χ1) is 17.5. The number of hydrogen-bond acceptors (Lipinski definition) is 6. The smallest absolute Gasteiger partial charge is 0.410 e. The third-order valence-electron chi connectivity index (χ3n) is 6.78. The van der Waals surface area contributed by atoms with Crippen molar-refractivity contribution in [1.82, 2.24) is 25.5 Å². The van der Waals surface area contributed by atoms with Gasteiger partial charge in [-0.05, 0) is 73.4 Å². The second kappa shape index (κ2) is 10.7. The van der Waals surface area contributed by atoms with E-state index in [9.17, 15) is 14.0 Å². The van der Waals surface area contributed by atoms with Crippen molar-refractivity contribution in [2.45, 2.75) is 51.2 Å². The number of benzene rings is 2. The predicted molar refractivity (Wildman–Crippen MR) is 130 cm³/mol. The average Bonchev–Trinajstić information content (AvgIpc) is 3.39. The number of rotatable bonds is 5. The zero-order valence-corrected chi connectivity index (χ0v) is 19.7. The maximum absolute atomic E-state index is 13.8. The van der Waals surface area contributed by atoms with E-state index in [1.807, 2.05) is 12.1 Å². The van der Waals surface area contributed by atoms with Crippen molar-refractivity contribution in [1.29, 1.82) is 0 Å². The summed E-state index contributed by atoms with van der Waals surface area (Å²) in [5, 5.41) is 19.4. The molecule has 3 aromatic rings. The number of para-hydroxylation sites is 1. The molecule has 2 aromatic carbocycles. The fourth-order valence-corrected chi connectivity index (χ4v) is 4.83. The molecule has 1 fully saturated rings. The zero-order valence-electron chi connectivity index (χ0n) is 19.7. The quantitative estimate of drug-likeness (QED) is 0.487. The van der Waals surface area contributed by atoms with Gasteiger partial charge < -0.3 is 20.3 Å². The van der Waals surface area contributed by atoms with Crippen molar-refractivity contribution in [3.63, 3.8) is 0 Å². The Labute approximate surface area is 207 Å². The molecule has 10 nitrogen and oxygen atoms in total. The number of halogens is 1. The minimum atomic E-state index is -0.520. The molecule has 2 heterocycles. The first-order valence-corrected chi connectivity index (χ1v) is 12.2. The van der Waals surface area contributed by atoms with E-state index in [1.165, 1.54) is 12.1 Å². The molecule has 36 heavy (non-hydrogen) atoms. The third kappa shape index (κ3) is 5.78. The van der Waals surface area contributed by atoms with Crippen molar-refractivity contribution in [3.05, 3.63) is 65.2 Å². The second-order valence-electron chi connectivity index (χ2n) is 9.27. The van der Waals surface area contributed by atoms with E-state index in [0.717, 1.165) is 49.1 Å². The lowest BCUT2D eigenvalue weighted by atomic mass is 9.85. The van der Waals surface area contributed by atoms with Gasteiger partial charge in [0, 0.05) is 25.2 Å². The number of anilines is 2. The summed E-state index contributed by atoms with van der Waals surface area (Å²) in [5.41, 5.74) is 2.80. The monoisotopic (exact) mass is 493 g/mol. The molecule has 1 aliphatic heterocycles. The number of nitrogens with one attached hydrogen (secondary N) is 3. The van der Waals surface area contributed by atoms with Gasteiger partial charge in [0.05, 0.1) is 5.69 Å². The van der Waals surface area contributed by atoms with Gasteiger partial charge in [0.25, 0.3) is 0 Å². The van der Waals surface area contributed by atoms with Gasteiger partial charge in [0.1, 0.15) is 11.9 Å². The zero-order chi connectivity index (χ0) is 24.9. The Balaban J connectivity index is 1.10. The summed E-state index contributed by atoms with van der Waals surface area (Å²) in [5.74, 6) is 0.712. The maximum atomic E-state index is 13.8. The summed E-state index contributed by atoms with van der Waals surface area (Å²) in [6.07, 6.45) is 4.71. The lowest BCUT2D eigenvalue weighted by Gasteiger charge is -2.32. The summed E-state index contributed by atoms with van der Waals surface area (Å²) >= 11 is 0. The topological polar surface area (TPSA) is 125 Å². The number of tetrazole rings is 1. The first kappa shape index (κ1) is 23.7. The van der Waals surface area contributed by atoms with Crippen molar-refractivity contribution in [2.75, 3.05) is 17.2 Å². The predicted octanol–water partition coefficient (Wildman–Crippen LogP) is 4.28. The Hall–Kier alpha value is -4.02. The van der Waals surface area contributed by atoms with Crippen LogP contribution in [0.5, 0.6) is 0 Å². The van der Waals surface area contributed by atoms with Gasteiger partial charge in [0.2, 0.25) is 0 Å². The number of carbonyl (C=O) groups is 2. The number of nitrogens with zero attached hydrogens (tertiary/aromatic N) is 4. The normalized spacial score (nSPS) is 19.3. The van der Waals surface area contributed by atoms with Crippen LogP contribution in [0.2, 0.25) is 0 Å². The number of aromatic amines is 1. The highest BCUT2D eigenvalue weighted by Gasteiger charge is 2.28. The van der Waals surface area contributed by atoms with E-state index in [2.05, 4.69) is 31.3 Å². The highest BCUT2D eigenvalue weighted by molar-refractivity contribution is 5.99. The number of amides is 3. The van der Waals surface area contributed by atoms with E-state index in [0.29, 0.717) is 31.1 Å². The van der Waals surface area contributed by atoms with Gasteiger partial charge in [0.15, 0.2) is 5.82 Å². The average molecular weight is 494 g/mol. The van der Waals surface area contributed by atoms with Gasteiger partial charge in [-0.2, -0.15) is 5.21 Å². The fraction of sp³-hybridized carbons (Fsp3) is 0.400. The minimum Gasteiger partial charge on any atom is -0.446 e. The Morgan fingerprint density at radius 2 is 1.92 bits per heavy atom. The molecule has 0 saturated heterocycles. The number of hydrogen-bond donors (Lipinski definition) is 3. The molecule has 3 amide bonds. The van der Waals surface area contributed by atoms with E-state index >= 15 is 0 Å². The molecule has 0 unspecified atom stereocenters. The van der Waals surface area contributed by atoms with Crippen LogP contribution in [0, 0.1) is 11.7 Å². The Morgan fingerprint density at radius 1 is 1.08 bits per heavy atom. The highest BCUT2D eigenvalue weighted by Crippen LogP contribution is 2.29. The molecular weight excluding hydrogens is 465 g/mol. The SMILES string of the molecule is O=C(Nc1ccc2c(c1)CCN(C(=O)O[C@H]1CC[C@H](Cc3nn[nH]n3)CC1)C2)Nc1ccccc1F. The molecule has 11 heteroatoms. The van der Waals surface area contributed by atoms with Crippen molar-refractivity contribution < 1.29 is 18.7 Å². The molecule has 1 aromatic heterocycles. The molecule has 0 bridgehead atoms. The first-order valence-electron chi connectivity index (χ1n) is 12.2. The molecule has 3 N–H and O–H groups in total. The molecule has 1 aliphatic carbocycles. The fourth-order valence-electron chi connectivity index (χ4n) is 4.83. The molecule has 0 radical (unpaired) electrons. The molecule has 1 saturated carbocycles. The van der Waals surface area contributed by atoms with Crippen LogP contribution in [0.15, 0.2) is 42.5 Å². The van der Waals surface area contributed by atoms with Crippen LogP contribution < -0.4 is 10.6 Å². The van der Waals surface area contributed by atoms with Crippen LogP contribution in [-0.2, 0) is 24.1 Å². The molecule has 5 rings (SSSR count). The third-order valence-corrected chi connectivity index (χ3v) is 6.78. The van der Waals surface area contributed by atoms with Crippen LogP contribution in [0.3, 0.4) is 0 Å². The number of carbonyl (C=O) groups excluding carboxylic acids is 2. The number of urea groups is 1. The molecular formula is C25H28FN7O3. The van der Waals surface area contributed by atoms with Gasteiger partial charge in [-0.3, -0.25) is 0 Å². The van der Waals surface area contributed by atoms with E-state index in [1.54, 1.807) is 23.1 Å². The molecule has 0 atom stereocenters. The van der Waals surface area contributed by atoms with Crippen LogP contribution in [0.25, 0.3) is 0 Å². The Kier molecular flexibility index (Phi) is 7.06. The minimum absolute atomic E-state index is 0.0695. The number of fused-ring (bicyclic) bond motifs is 1. The van der Waals surface area contributed by atoms with E-state index in [4.69, 9.17) is 4.74 Å². The Morgan fingerprint density at radius 3 is 2.69 bits per heavy atom. The number of ether oxygens (including phenoxy) is 1. The molecule has 0 spiro atoms. The molecule has 188 valence electrons. The van der Waals surface area contributed by atoms with Gasteiger partial charge in [-0.25, -0.2) is 14.0 Å². The Bertz CT molecular complexity index is 1210. The van der Waals surface area contributed by atoms with E-state index < -0.39 is 11.8 Å². The van der Waals surface area contributed by atoms with Crippen LogP contribution in [0.1, 0.15) is 42.6 Å². The van der Waals surface area contributed by atoms with Crippen molar-refractivity contribution in [3.8, 4) is 0 Å². The van der Waals surface area contributed by atoms with Crippen molar-refractivity contribution >= 4 is 23.5 Å². The maximum Gasteiger partial charge on any atom is 0.410 e. The van der Waals surface area contributed by atoms with Gasteiger partial charge in [-0.15, -0.1) is 10.2 Å². The highest BCUT2D eigenvalue weighted by atomic mass is 19.1. The summed E-state index contributed by atoms with van der Waals surface area (Å²) in [7, 11) is 0. The summed E-state index contributed by atoms with van der Waals surface area (Å²) in [6, 6.07) is 11.0. The number of H-pyrrole nitrogens is 1. The second-order valence-corrected chi connectivity index (χ2v) is 9.27. The largest absolute Gasteiger partial charge is 0.446 e. The summed E-state index contributed by atoms with van der Waals surface area (Å²) < 4.78 is 19.6. The standard InChI is InChI=1S/C25H28FN7O3/c26-21-3-1-2-4-22(21)28-24(34)27-19-8-7-18-15-33(12-11-17(18)14-19)25(35)36-20-9-5-16(6-10-20)13-23-29-31-32-30-23/h1-4,7-8,14,16,20H,5-6,9-13,15H2,(H2,27,28,34)(H,29,30,31,32)/t16-,20-. The van der Waals surface area contributed by atoms with Crippen LogP contribution in [-0.4, -0.2) is 50.3 Å². The lowest BCUT2D eigenvalue weighted by Crippen LogP contribution is -2.39. The molecule has 2 aliphatic rings. The number of aromatic nitrogens is 4. The van der Waals surface area contributed by atoms with Gasteiger partial charge >= 0.3 is 12.1 Å². The lowest BCUT2D eigenvalue weighted by molar-refractivity contribution is 0.0350. The van der Waals surface area contributed by atoms with E-state index in [-0.39, 0.29) is 17.9 Å². The van der Waals surface area contributed by atoms with Gasteiger partial charge in [-0.1, -0.05) is 23.4 Å². The van der Waals surface area contributed by atoms with Crippen LogP contribution in [0.4, 0.5) is 25.4 Å².